The van der Waals surface area contributed by atoms with E-state index >= 15 is 0 Å². The summed E-state index contributed by atoms with van der Waals surface area (Å²) in [5.74, 6) is -0.521. The van der Waals surface area contributed by atoms with E-state index in [1.807, 2.05) is 24.3 Å². The second-order valence-electron chi connectivity index (χ2n) is 4.70. The first kappa shape index (κ1) is 13.8. The first-order valence-electron chi connectivity index (χ1n) is 6.56. The van der Waals surface area contributed by atoms with E-state index in [1.165, 1.54) is 12.1 Å². The Labute approximate surface area is 125 Å². The van der Waals surface area contributed by atoms with Gasteiger partial charge in [0.15, 0.2) is 6.73 Å². The van der Waals surface area contributed by atoms with Gasteiger partial charge in [-0.3, -0.25) is 10.1 Å². The number of hydrogen-bond donors (Lipinski definition) is 0. The summed E-state index contributed by atoms with van der Waals surface area (Å²) in [6, 6.07) is 12.1. The molecular weight excluding hydrogens is 284 g/mol. The molecule has 2 aromatic carbocycles. The normalized spacial score (nSPS) is 10.7. The van der Waals surface area contributed by atoms with E-state index in [0.717, 1.165) is 27.9 Å². The fourth-order valence-corrected chi connectivity index (χ4v) is 2.48. The monoisotopic (exact) mass is 296 g/mol. The fourth-order valence-electron chi connectivity index (χ4n) is 2.48. The van der Waals surface area contributed by atoms with Crippen LogP contribution in [0.15, 0.2) is 55.1 Å². The van der Waals surface area contributed by atoms with Gasteiger partial charge in [-0.1, -0.05) is 24.8 Å². The number of rotatable bonds is 4. The molecule has 0 aliphatic heterocycles. The molecule has 0 amide bonds. The average molecular weight is 296 g/mol. The third-order valence-corrected chi connectivity index (χ3v) is 3.47. The molecule has 0 N–H and O–H groups in total. The Morgan fingerprint density at radius 2 is 1.95 bits per heavy atom. The van der Waals surface area contributed by atoms with Gasteiger partial charge < -0.3 is 9.30 Å². The predicted molar refractivity (Wildman–Crippen MR) is 82.4 cm³/mol. The number of carbonyl (C=O) groups excluding carboxylic acids is 1. The predicted octanol–water partition coefficient (Wildman–Crippen LogP) is 3.39. The highest BCUT2D eigenvalue weighted by Gasteiger charge is 2.14. The van der Waals surface area contributed by atoms with E-state index in [0.29, 0.717) is 0 Å². The lowest BCUT2D eigenvalue weighted by atomic mass is 10.1. The fraction of sp³-hybridized carbons (Fsp3) is 0.0625. The van der Waals surface area contributed by atoms with E-state index in [2.05, 4.69) is 6.58 Å². The summed E-state index contributed by atoms with van der Waals surface area (Å²) in [6.45, 7) is 3.38. The number of nitro groups is 1. The molecule has 0 bridgehead atoms. The van der Waals surface area contributed by atoms with Gasteiger partial charge in [0.1, 0.15) is 0 Å². The Bertz CT molecular complexity index is 911. The summed E-state index contributed by atoms with van der Waals surface area (Å²) < 4.78 is 6.90. The number of fused-ring (bicyclic) bond motifs is 3. The van der Waals surface area contributed by atoms with E-state index < -0.39 is 10.9 Å². The van der Waals surface area contributed by atoms with Gasteiger partial charge in [-0.2, -0.15) is 0 Å². The van der Waals surface area contributed by atoms with Crippen molar-refractivity contribution in [2.45, 2.75) is 6.73 Å². The van der Waals surface area contributed by atoms with Crippen LogP contribution in [0.4, 0.5) is 5.69 Å². The Balaban J connectivity index is 2.22. The maximum Gasteiger partial charge on any atom is 0.331 e. The van der Waals surface area contributed by atoms with Crippen molar-refractivity contribution >= 4 is 33.5 Å². The summed E-state index contributed by atoms with van der Waals surface area (Å²) in [7, 11) is 0. The third-order valence-electron chi connectivity index (χ3n) is 3.47. The second-order valence-corrected chi connectivity index (χ2v) is 4.70. The third kappa shape index (κ3) is 2.20. The van der Waals surface area contributed by atoms with Gasteiger partial charge in [0, 0.05) is 29.0 Å². The van der Waals surface area contributed by atoms with Crippen LogP contribution in [0.5, 0.6) is 0 Å². The molecule has 0 aliphatic carbocycles. The summed E-state index contributed by atoms with van der Waals surface area (Å²) in [5.41, 5.74) is 1.64. The van der Waals surface area contributed by atoms with Gasteiger partial charge in [-0.05, 0) is 12.1 Å². The summed E-state index contributed by atoms with van der Waals surface area (Å²) >= 11 is 0. The van der Waals surface area contributed by atoms with Crippen LogP contribution >= 0.6 is 0 Å². The molecule has 0 unspecified atom stereocenters. The number of non-ortho nitro benzene ring substituents is 1. The molecule has 0 aliphatic rings. The molecule has 0 fully saturated rings. The number of ether oxygens (including phenoxy) is 1. The number of hydrogen-bond acceptors (Lipinski definition) is 4. The molecule has 1 heterocycles. The van der Waals surface area contributed by atoms with Crippen LogP contribution < -0.4 is 0 Å². The lowest BCUT2D eigenvalue weighted by molar-refractivity contribution is -0.384. The molecule has 0 saturated carbocycles. The summed E-state index contributed by atoms with van der Waals surface area (Å²) in [5, 5.41) is 12.6. The first-order chi connectivity index (χ1) is 10.6. The van der Waals surface area contributed by atoms with Crippen molar-refractivity contribution in [1.29, 1.82) is 0 Å². The van der Waals surface area contributed by atoms with Crippen molar-refractivity contribution in [1.82, 2.24) is 4.57 Å². The van der Waals surface area contributed by atoms with Crippen LogP contribution in [0.2, 0.25) is 0 Å². The lowest BCUT2D eigenvalue weighted by Gasteiger charge is -2.07. The zero-order valence-electron chi connectivity index (χ0n) is 11.6. The molecule has 0 radical (unpaired) electrons. The Kier molecular flexibility index (Phi) is 3.34. The summed E-state index contributed by atoms with van der Waals surface area (Å²) in [6.07, 6.45) is 1.10. The molecule has 0 atom stereocenters. The molecule has 0 saturated heterocycles. The van der Waals surface area contributed by atoms with Gasteiger partial charge in [-0.25, -0.2) is 4.79 Å². The maximum absolute atomic E-state index is 11.3. The zero-order valence-corrected chi connectivity index (χ0v) is 11.6. The molecule has 22 heavy (non-hydrogen) atoms. The highest BCUT2D eigenvalue weighted by atomic mass is 16.6. The van der Waals surface area contributed by atoms with Crippen molar-refractivity contribution in [2.75, 3.05) is 0 Å². The minimum absolute atomic E-state index is 0.0205. The Hall–Kier alpha value is -3.15. The molecule has 110 valence electrons. The van der Waals surface area contributed by atoms with Crippen LogP contribution in [0.3, 0.4) is 0 Å². The SMILES string of the molecule is C=CC(=O)OCn1c2ccccc2c2cc([N+](=O)[O-])ccc21. The van der Waals surface area contributed by atoms with Crippen molar-refractivity contribution in [3.8, 4) is 0 Å². The van der Waals surface area contributed by atoms with Crippen molar-refractivity contribution < 1.29 is 14.5 Å². The van der Waals surface area contributed by atoms with Crippen LogP contribution in [-0.4, -0.2) is 15.5 Å². The van der Waals surface area contributed by atoms with E-state index in [-0.39, 0.29) is 12.4 Å². The number of nitrogens with zero attached hydrogens (tertiary/aromatic N) is 2. The molecule has 3 rings (SSSR count). The topological polar surface area (TPSA) is 74.4 Å². The van der Waals surface area contributed by atoms with Gasteiger partial charge in [0.2, 0.25) is 0 Å². The Morgan fingerprint density at radius 1 is 1.23 bits per heavy atom. The summed E-state index contributed by atoms with van der Waals surface area (Å²) in [4.78, 5) is 21.8. The van der Waals surface area contributed by atoms with Crippen LogP contribution in [0.1, 0.15) is 0 Å². The molecule has 0 spiro atoms. The molecule has 1 aromatic heterocycles. The number of carbonyl (C=O) groups is 1. The van der Waals surface area contributed by atoms with Crippen molar-refractivity contribution in [3.63, 3.8) is 0 Å². The molecule has 6 nitrogen and oxygen atoms in total. The number of para-hydroxylation sites is 1. The molecule has 6 heteroatoms. The number of benzene rings is 2. The van der Waals surface area contributed by atoms with Gasteiger partial charge >= 0.3 is 5.97 Å². The number of aromatic nitrogens is 1. The number of nitro benzene ring substituents is 1. The van der Waals surface area contributed by atoms with Gasteiger partial charge in [0.25, 0.3) is 5.69 Å². The Morgan fingerprint density at radius 3 is 2.68 bits per heavy atom. The van der Waals surface area contributed by atoms with Crippen molar-refractivity contribution in [2.24, 2.45) is 0 Å². The highest BCUT2D eigenvalue weighted by Crippen LogP contribution is 2.31. The highest BCUT2D eigenvalue weighted by molar-refractivity contribution is 6.08. The minimum Gasteiger partial charge on any atom is -0.441 e. The lowest BCUT2D eigenvalue weighted by Crippen LogP contribution is -2.06. The quantitative estimate of drug-likeness (QED) is 0.320. The minimum atomic E-state index is -0.521. The first-order valence-corrected chi connectivity index (χ1v) is 6.56. The smallest absolute Gasteiger partial charge is 0.331 e. The standard InChI is InChI=1S/C16H12N2O4/c1-2-16(19)22-10-17-14-6-4-3-5-12(14)13-9-11(18(20)21)7-8-15(13)17/h2-9H,1,10H2. The van der Waals surface area contributed by atoms with E-state index in [9.17, 15) is 14.9 Å². The number of esters is 1. The van der Waals surface area contributed by atoms with Gasteiger partial charge in [0.05, 0.1) is 16.0 Å². The van der Waals surface area contributed by atoms with Gasteiger partial charge in [-0.15, -0.1) is 0 Å². The van der Waals surface area contributed by atoms with Crippen LogP contribution in [0.25, 0.3) is 21.8 Å². The van der Waals surface area contributed by atoms with Crippen LogP contribution in [-0.2, 0) is 16.3 Å². The molecular formula is C16H12N2O4. The van der Waals surface area contributed by atoms with Crippen LogP contribution in [0, 0.1) is 10.1 Å². The van der Waals surface area contributed by atoms with E-state index in [1.54, 1.807) is 10.6 Å². The second kappa shape index (κ2) is 5.33. The average Bonchev–Trinajstić information content (AvgIpc) is 2.85. The van der Waals surface area contributed by atoms with E-state index in [4.69, 9.17) is 4.74 Å². The zero-order chi connectivity index (χ0) is 15.7. The molecule has 3 aromatic rings. The maximum atomic E-state index is 11.3. The van der Waals surface area contributed by atoms with Crippen molar-refractivity contribution in [3.05, 3.63) is 65.2 Å². The largest absolute Gasteiger partial charge is 0.441 e.